The van der Waals surface area contributed by atoms with Crippen LogP contribution in [0.2, 0.25) is 5.02 Å². The second kappa shape index (κ2) is 6.73. The van der Waals surface area contributed by atoms with Gasteiger partial charge in [0.15, 0.2) is 0 Å². The van der Waals surface area contributed by atoms with Crippen molar-refractivity contribution in [3.63, 3.8) is 0 Å². The highest BCUT2D eigenvalue weighted by Crippen LogP contribution is 2.29. The fraction of sp³-hybridized carbons (Fsp3) is 0.200. The molecule has 0 N–H and O–H groups in total. The van der Waals surface area contributed by atoms with Gasteiger partial charge in [0.25, 0.3) is 5.69 Å². The number of hydrogen-bond acceptors (Lipinski definition) is 2. The summed E-state index contributed by atoms with van der Waals surface area (Å²) in [4.78, 5) is 10.6. The molecule has 104 valence electrons. The summed E-state index contributed by atoms with van der Waals surface area (Å²) >= 11 is 12.1. The molecule has 0 bridgehead atoms. The predicted octanol–water partition coefficient (Wildman–Crippen LogP) is 5.16. The average Bonchev–Trinajstić information content (AvgIpc) is 2.46. The van der Waals surface area contributed by atoms with Crippen LogP contribution in [0.5, 0.6) is 0 Å². The maximum atomic E-state index is 11.0. The van der Waals surface area contributed by atoms with Crippen molar-refractivity contribution in [3.8, 4) is 0 Å². The first kappa shape index (κ1) is 14.8. The van der Waals surface area contributed by atoms with Gasteiger partial charge in [0.1, 0.15) is 0 Å². The Hall–Kier alpha value is -1.58. The van der Waals surface area contributed by atoms with E-state index in [-0.39, 0.29) is 11.1 Å². The van der Waals surface area contributed by atoms with Crippen LogP contribution in [0, 0.1) is 10.1 Å². The monoisotopic (exact) mass is 309 g/mol. The highest BCUT2D eigenvalue weighted by molar-refractivity contribution is 6.30. The Kier molecular flexibility index (Phi) is 4.99. The lowest BCUT2D eigenvalue weighted by Crippen LogP contribution is -1.98. The van der Waals surface area contributed by atoms with Crippen molar-refractivity contribution in [2.45, 2.75) is 18.2 Å². The van der Waals surface area contributed by atoms with Crippen LogP contribution in [0.25, 0.3) is 0 Å². The fourth-order valence-corrected chi connectivity index (χ4v) is 2.45. The molecule has 3 nitrogen and oxygen atoms in total. The Balaban J connectivity index is 2.09. The Morgan fingerprint density at radius 3 is 2.50 bits per heavy atom. The first-order valence-electron chi connectivity index (χ1n) is 6.20. The van der Waals surface area contributed by atoms with Crippen LogP contribution >= 0.6 is 23.2 Å². The Morgan fingerprint density at radius 2 is 1.85 bits per heavy atom. The van der Waals surface area contributed by atoms with Gasteiger partial charge in [-0.15, -0.1) is 11.6 Å². The topological polar surface area (TPSA) is 43.1 Å². The van der Waals surface area contributed by atoms with Crippen LogP contribution in [-0.2, 0) is 6.42 Å². The van der Waals surface area contributed by atoms with E-state index in [0.717, 1.165) is 5.56 Å². The minimum Gasteiger partial charge on any atom is -0.258 e. The predicted molar refractivity (Wildman–Crippen MR) is 81.5 cm³/mol. The Labute approximate surface area is 127 Å². The SMILES string of the molecule is O=[N+]([O-])c1cc(Cl)ccc1CCC(Cl)c1ccccc1. The molecular weight excluding hydrogens is 297 g/mol. The summed E-state index contributed by atoms with van der Waals surface area (Å²) in [7, 11) is 0. The first-order valence-corrected chi connectivity index (χ1v) is 7.01. The lowest BCUT2D eigenvalue weighted by molar-refractivity contribution is -0.385. The number of rotatable bonds is 5. The van der Waals surface area contributed by atoms with Gasteiger partial charge in [0.2, 0.25) is 0 Å². The number of nitrogens with zero attached hydrogens (tertiary/aromatic N) is 1. The van der Waals surface area contributed by atoms with Crippen molar-refractivity contribution in [3.05, 3.63) is 74.8 Å². The summed E-state index contributed by atoms with van der Waals surface area (Å²) in [5.74, 6) is 0. The third-order valence-electron chi connectivity index (χ3n) is 3.07. The van der Waals surface area contributed by atoms with E-state index in [2.05, 4.69) is 0 Å². The molecule has 0 saturated heterocycles. The molecule has 20 heavy (non-hydrogen) atoms. The number of nitro benzene ring substituents is 1. The molecule has 1 atom stereocenters. The third kappa shape index (κ3) is 3.71. The van der Waals surface area contributed by atoms with Gasteiger partial charge in [-0.25, -0.2) is 0 Å². The molecule has 0 aromatic heterocycles. The van der Waals surface area contributed by atoms with E-state index in [9.17, 15) is 10.1 Å². The van der Waals surface area contributed by atoms with E-state index < -0.39 is 4.92 Å². The summed E-state index contributed by atoms with van der Waals surface area (Å²) in [6, 6.07) is 14.4. The van der Waals surface area contributed by atoms with Crippen LogP contribution < -0.4 is 0 Å². The zero-order valence-electron chi connectivity index (χ0n) is 10.6. The van der Waals surface area contributed by atoms with Crippen molar-refractivity contribution in [1.29, 1.82) is 0 Å². The minimum absolute atomic E-state index is 0.0504. The molecule has 0 radical (unpaired) electrons. The van der Waals surface area contributed by atoms with Crippen molar-refractivity contribution in [2.24, 2.45) is 0 Å². The second-order valence-corrected chi connectivity index (χ2v) is 5.41. The van der Waals surface area contributed by atoms with E-state index in [1.54, 1.807) is 12.1 Å². The number of hydrogen-bond donors (Lipinski definition) is 0. The van der Waals surface area contributed by atoms with Gasteiger partial charge >= 0.3 is 0 Å². The molecule has 0 aliphatic rings. The molecule has 2 aromatic rings. The number of aryl methyl sites for hydroxylation is 1. The van der Waals surface area contributed by atoms with Crippen LogP contribution in [0.4, 0.5) is 5.69 Å². The van der Waals surface area contributed by atoms with Crippen LogP contribution in [0.3, 0.4) is 0 Å². The van der Waals surface area contributed by atoms with E-state index in [4.69, 9.17) is 23.2 Å². The summed E-state index contributed by atoms with van der Waals surface area (Å²) < 4.78 is 0. The van der Waals surface area contributed by atoms with Crippen LogP contribution in [0.15, 0.2) is 48.5 Å². The smallest absolute Gasteiger partial charge is 0.258 e. The van der Waals surface area contributed by atoms with Gasteiger partial charge in [-0.2, -0.15) is 0 Å². The highest BCUT2D eigenvalue weighted by Gasteiger charge is 2.16. The lowest BCUT2D eigenvalue weighted by Gasteiger charge is -2.10. The molecule has 2 aromatic carbocycles. The fourth-order valence-electron chi connectivity index (χ4n) is 2.03. The molecule has 1 unspecified atom stereocenters. The van der Waals surface area contributed by atoms with Gasteiger partial charge < -0.3 is 0 Å². The molecular formula is C15H13Cl2NO2. The third-order valence-corrected chi connectivity index (χ3v) is 3.78. The lowest BCUT2D eigenvalue weighted by atomic mass is 10.0. The summed E-state index contributed by atoms with van der Waals surface area (Å²) in [6.45, 7) is 0. The molecule has 0 fully saturated rings. The summed E-state index contributed by atoms with van der Waals surface area (Å²) in [5.41, 5.74) is 1.72. The zero-order chi connectivity index (χ0) is 14.5. The van der Waals surface area contributed by atoms with Gasteiger partial charge in [0.05, 0.1) is 10.3 Å². The summed E-state index contributed by atoms with van der Waals surface area (Å²) in [6.07, 6.45) is 1.17. The molecule has 0 heterocycles. The number of halogens is 2. The highest BCUT2D eigenvalue weighted by atomic mass is 35.5. The van der Waals surface area contributed by atoms with E-state index in [0.29, 0.717) is 23.4 Å². The maximum Gasteiger partial charge on any atom is 0.274 e. The van der Waals surface area contributed by atoms with Gasteiger partial charge in [-0.1, -0.05) is 48.0 Å². The molecule has 2 rings (SSSR count). The second-order valence-electron chi connectivity index (χ2n) is 4.45. The summed E-state index contributed by atoms with van der Waals surface area (Å²) in [5, 5.41) is 11.2. The number of nitro groups is 1. The molecule has 5 heteroatoms. The van der Waals surface area contributed by atoms with Gasteiger partial charge in [-0.3, -0.25) is 10.1 Å². The largest absolute Gasteiger partial charge is 0.274 e. The van der Waals surface area contributed by atoms with Crippen molar-refractivity contribution in [1.82, 2.24) is 0 Å². The van der Waals surface area contributed by atoms with Crippen molar-refractivity contribution < 1.29 is 4.92 Å². The number of benzene rings is 2. The van der Waals surface area contributed by atoms with Crippen molar-refractivity contribution in [2.75, 3.05) is 0 Å². The van der Waals surface area contributed by atoms with Crippen LogP contribution in [-0.4, -0.2) is 4.92 Å². The molecule has 0 aliphatic heterocycles. The molecule has 0 aliphatic carbocycles. The zero-order valence-corrected chi connectivity index (χ0v) is 12.1. The van der Waals surface area contributed by atoms with E-state index >= 15 is 0 Å². The minimum atomic E-state index is -0.410. The Morgan fingerprint density at radius 1 is 1.15 bits per heavy atom. The Bertz CT molecular complexity index is 602. The van der Waals surface area contributed by atoms with E-state index in [1.807, 2.05) is 30.3 Å². The number of alkyl halides is 1. The van der Waals surface area contributed by atoms with E-state index in [1.165, 1.54) is 6.07 Å². The van der Waals surface area contributed by atoms with Gasteiger partial charge in [0, 0.05) is 16.7 Å². The van der Waals surface area contributed by atoms with Crippen LogP contribution in [0.1, 0.15) is 22.9 Å². The maximum absolute atomic E-state index is 11.0. The quantitative estimate of drug-likeness (QED) is 0.435. The van der Waals surface area contributed by atoms with Crippen molar-refractivity contribution >= 4 is 28.9 Å². The molecule has 0 spiro atoms. The van der Waals surface area contributed by atoms with Gasteiger partial charge in [-0.05, 0) is 24.5 Å². The average molecular weight is 310 g/mol. The molecule has 0 saturated carbocycles. The first-order chi connectivity index (χ1) is 9.58. The standard InChI is InChI=1S/C15H13Cl2NO2/c16-13-8-6-12(15(10-13)18(19)20)7-9-14(17)11-4-2-1-3-5-11/h1-6,8,10,14H,7,9H2. The normalized spacial score (nSPS) is 12.1. The molecule has 0 amide bonds.